The molecule has 0 atom stereocenters. The van der Waals surface area contributed by atoms with Gasteiger partial charge in [-0.1, -0.05) is 40.2 Å². The Hall–Kier alpha value is -0.680. The van der Waals surface area contributed by atoms with E-state index in [4.69, 9.17) is 0 Å². The van der Waals surface area contributed by atoms with Gasteiger partial charge in [0, 0.05) is 5.56 Å². The summed E-state index contributed by atoms with van der Waals surface area (Å²) in [5.41, 5.74) is 1.29. The summed E-state index contributed by atoms with van der Waals surface area (Å²) in [5, 5.41) is 0.280. The zero-order valence-electron chi connectivity index (χ0n) is 7.27. The summed E-state index contributed by atoms with van der Waals surface area (Å²) in [4.78, 5) is 11.2. The number of hydrogen-bond donors (Lipinski definition) is 1. The van der Waals surface area contributed by atoms with E-state index in [0.717, 1.165) is 0 Å². The average Bonchev–Trinajstić information content (AvgIpc) is 2.17. The van der Waals surface area contributed by atoms with Crippen LogP contribution in [-0.2, 0) is 16.5 Å². The fraction of sp³-hybridized carbons (Fsp3) is 0.222. The number of ketones is 1. The molecule has 0 saturated carbocycles. The first kappa shape index (κ1) is 11.4. The molecule has 0 radical (unpaired) electrons. The molecule has 0 amide bonds. The zero-order valence-corrected chi connectivity index (χ0v) is 9.75. The molecule has 0 N–H and O–H groups in total. The lowest BCUT2D eigenvalue weighted by atomic mass is 10.1. The van der Waals surface area contributed by atoms with Crippen molar-refractivity contribution in [2.45, 2.75) is 5.75 Å². The second kappa shape index (κ2) is 5.26. The van der Waals surface area contributed by atoms with Crippen molar-refractivity contribution in [1.82, 2.24) is 0 Å². The number of carbonyl (C=O) groups excluding carboxylic acids is 1. The number of thiol groups is 1. The molecule has 0 saturated heterocycles. The van der Waals surface area contributed by atoms with Crippen LogP contribution in [0.3, 0.4) is 0 Å². The Morgan fingerprint density at radius 2 is 1.79 bits per heavy atom. The van der Waals surface area contributed by atoms with Crippen molar-refractivity contribution in [1.29, 1.82) is 0 Å². The molecule has 0 aliphatic carbocycles. The van der Waals surface area contributed by atoms with Crippen LogP contribution in [0.1, 0.15) is 15.9 Å². The number of hydrogen-bond acceptors (Lipinski definition) is 3. The molecule has 1 rings (SSSR count). The Kier molecular flexibility index (Phi) is 4.28. The highest BCUT2D eigenvalue weighted by Gasteiger charge is 2.03. The lowest BCUT2D eigenvalue weighted by Gasteiger charge is -1.98. The molecule has 0 aromatic heterocycles. The fourth-order valence-electron chi connectivity index (χ4n) is 1.02. The van der Waals surface area contributed by atoms with E-state index < -0.39 is 10.7 Å². The van der Waals surface area contributed by atoms with Gasteiger partial charge >= 0.3 is 0 Å². The third kappa shape index (κ3) is 3.23. The molecular weight excluding hydrogens is 268 g/mol. The molecule has 0 spiro atoms. The van der Waals surface area contributed by atoms with Crippen LogP contribution in [0.15, 0.2) is 24.3 Å². The molecule has 0 unspecified atom stereocenters. The van der Waals surface area contributed by atoms with Crippen molar-refractivity contribution in [3.8, 4) is 0 Å². The molecule has 0 fully saturated rings. The first-order chi connectivity index (χ1) is 6.63. The predicted molar refractivity (Wildman–Crippen MR) is 58.6 cm³/mol. The second-order valence-corrected chi connectivity index (χ2v) is 4.29. The third-order valence-corrected chi connectivity index (χ3v) is 2.84. The Bertz CT molecular complexity index is 387. The molecule has 0 heterocycles. The van der Waals surface area contributed by atoms with Crippen molar-refractivity contribution >= 4 is 32.4 Å². The lowest BCUT2D eigenvalue weighted by molar-refractivity contribution is 0.102. The predicted octanol–water partition coefficient (Wildman–Crippen LogP) is 1.38. The molecule has 0 aliphatic rings. The van der Waals surface area contributed by atoms with Crippen LogP contribution >= 0.6 is 15.9 Å². The minimum Gasteiger partial charge on any atom is -0.293 e. The van der Waals surface area contributed by atoms with Crippen LogP contribution in [0.4, 0.5) is 0 Å². The molecule has 1 aromatic carbocycles. The minimum atomic E-state index is -2.40. The molecule has 1 aromatic rings. The van der Waals surface area contributed by atoms with Crippen molar-refractivity contribution in [2.75, 3.05) is 5.33 Å². The monoisotopic (exact) mass is 276 g/mol. The highest BCUT2D eigenvalue weighted by Crippen LogP contribution is 2.07. The second-order valence-electron chi connectivity index (χ2n) is 2.74. The van der Waals surface area contributed by atoms with Crippen LogP contribution in [-0.4, -0.2) is 19.5 Å². The molecule has 76 valence electrons. The van der Waals surface area contributed by atoms with Gasteiger partial charge in [0.05, 0.1) is 11.1 Å². The highest BCUT2D eigenvalue weighted by atomic mass is 79.9. The standard InChI is InChI=1S/C9H9BrO3S/c10-5-9(11)8-3-1-7(2-4-8)6-14(12)13/h1-4,14H,5-6H2. The van der Waals surface area contributed by atoms with Gasteiger partial charge in [0.25, 0.3) is 0 Å². The van der Waals surface area contributed by atoms with Gasteiger partial charge in [-0.25, -0.2) is 8.42 Å². The quantitative estimate of drug-likeness (QED) is 0.514. The lowest BCUT2D eigenvalue weighted by Crippen LogP contribution is -1.99. The number of Topliss-reactive ketones (excluding diaryl/α,β-unsaturated/α-hetero) is 1. The molecule has 5 heteroatoms. The average molecular weight is 277 g/mol. The summed E-state index contributed by atoms with van der Waals surface area (Å²) in [6, 6.07) is 6.58. The van der Waals surface area contributed by atoms with Crippen LogP contribution in [0.5, 0.6) is 0 Å². The number of alkyl halides is 1. The fourth-order valence-corrected chi connectivity index (χ4v) is 1.85. The van der Waals surface area contributed by atoms with Crippen molar-refractivity contribution in [3.05, 3.63) is 35.4 Å². The molecule has 0 aliphatic heterocycles. The van der Waals surface area contributed by atoms with Gasteiger partial charge in [-0.2, -0.15) is 0 Å². The molecule has 3 nitrogen and oxygen atoms in total. The van der Waals surface area contributed by atoms with E-state index in [1.54, 1.807) is 24.3 Å². The molecular formula is C9H9BrO3S. The summed E-state index contributed by atoms with van der Waals surface area (Å²) in [6.45, 7) is 0. The molecule has 14 heavy (non-hydrogen) atoms. The Balaban J connectivity index is 2.83. The maximum absolute atomic E-state index is 11.2. The minimum absolute atomic E-state index is 0.0111. The summed E-state index contributed by atoms with van der Waals surface area (Å²) in [6.07, 6.45) is 0. The Morgan fingerprint density at radius 1 is 1.21 bits per heavy atom. The smallest absolute Gasteiger partial charge is 0.173 e. The van der Waals surface area contributed by atoms with E-state index in [2.05, 4.69) is 15.9 Å². The Morgan fingerprint density at radius 3 is 2.21 bits per heavy atom. The number of rotatable bonds is 4. The van der Waals surface area contributed by atoms with Gasteiger partial charge in [0.2, 0.25) is 0 Å². The largest absolute Gasteiger partial charge is 0.293 e. The van der Waals surface area contributed by atoms with Crippen molar-refractivity contribution in [2.24, 2.45) is 0 Å². The van der Waals surface area contributed by atoms with Crippen LogP contribution in [0.2, 0.25) is 0 Å². The number of halogens is 1. The van der Waals surface area contributed by atoms with Gasteiger partial charge in [-0.15, -0.1) is 0 Å². The van der Waals surface area contributed by atoms with Gasteiger partial charge in [-0.05, 0) is 5.56 Å². The maximum Gasteiger partial charge on any atom is 0.173 e. The Labute approximate surface area is 92.2 Å². The van der Waals surface area contributed by atoms with Gasteiger partial charge in [-0.3, -0.25) is 4.79 Å². The number of carbonyl (C=O) groups is 1. The van der Waals surface area contributed by atoms with Gasteiger partial charge in [0.1, 0.15) is 10.7 Å². The van der Waals surface area contributed by atoms with E-state index in [1.807, 2.05) is 0 Å². The van der Waals surface area contributed by atoms with Gasteiger partial charge in [0.15, 0.2) is 5.78 Å². The van der Waals surface area contributed by atoms with E-state index in [9.17, 15) is 13.2 Å². The first-order valence-electron chi connectivity index (χ1n) is 3.93. The topological polar surface area (TPSA) is 51.2 Å². The molecule has 0 bridgehead atoms. The van der Waals surface area contributed by atoms with E-state index in [-0.39, 0.29) is 16.9 Å². The van der Waals surface area contributed by atoms with E-state index >= 15 is 0 Å². The van der Waals surface area contributed by atoms with E-state index in [0.29, 0.717) is 11.1 Å². The third-order valence-electron chi connectivity index (χ3n) is 1.71. The first-order valence-corrected chi connectivity index (χ1v) is 6.42. The zero-order chi connectivity index (χ0) is 10.6. The number of benzene rings is 1. The van der Waals surface area contributed by atoms with Gasteiger partial charge < -0.3 is 0 Å². The summed E-state index contributed by atoms with van der Waals surface area (Å²) in [5.74, 6) is 0.0149. The van der Waals surface area contributed by atoms with Crippen molar-refractivity contribution < 1.29 is 13.2 Å². The highest BCUT2D eigenvalue weighted by molar-refractivity contribution is 9.09. The van der Waals surface area contributed by atoms with Crippen LogP contribution in [0.25, 0.3) is 0 Å². The SMILES string of the molecule is O=C(CBr)c1ccc(C[SH](=O)=O)cc1. The summed E-state index contributed by atoms with van der Waals surface area (Å²) in [7, 11) is -2.40. The normalized spacial score (nSPS) is 10.4. The summed E-state index contributed by atoms with van der Waals surface area (Å²) < 4.78 is 20.8. The van der Waals surface area contributed by atoms with E-state index in [1.165, 1.54) is 0 Å². The van der Waals surface area contributed by atoms with Crippen molar-refractivity contribution in [3.63, 3.8) is 0 Å². The van der Waals surface area contributed by atoms with Crippen LogP contribution < -0.4 is 0 Å². The maximum atomic E-state index is 11.2. The summed E-state index contributed by atoms with van der Waals surface area (Å²) >= 11 is 3.06. The van der Waals surface area contributed by atoms with Crippen LogP contribution in [0, 0.1) is 0 Å².